The molecule has 4 fully saturated rings. The van der Waals surface area contributed by atoms with E-state index in [1.54, 1.807) is 36.9 Å². The van der Waals surface area contributed by atoms with Crippen molar-refractivity contribution in [2.45, 2.75) is 89.9 Å². The first kappa shape index (κ1) is 62.6. The molecule has 0 spiro atoms. The Balaban J connectivity index is 0.000000182. The molecule has 6 N–H and O–H groups in total. The molecule has 0 bridgehead atoms. The smallest absolute Gasteiger partial charge is 0.336 e. The lowest BCUT2D eigenvalue weighted by Gasteiger charge is -2.37. The fourth-order valence-electron chi connectivity index (χ4n) is 12.1. The van der Waals surface area contributed by atoms with Gasteiger partial charge < -0.3 is 34.9 Å². The van der Waals surface area contributed by atoms with Gasteiger partial charge in [-0.3, -0.25) is 4.79 Å². The summed E-state index contributed by atoms with van der Waals surface area (Å²) in [5.74, 6) is 2.77. The molecule has 6 aromatic rings. The first-order valence-electron chi connectivity index (χ1n) is 28.1. The van der Waals surface area contributed by atoms with E-state index in [1.807, 2.05) is 65.8 Å². The van der Waals surface area contributed by atoms with Gasteiger partial charge in [0.2, 0.25) is 20.0 Å². The number of rotatable bonds is 12. The number of carbonyl (C=O) groups excluding carboxylic acids is 1. The second-order valence-corrected chi connectivity index (χ2v) is 25.8. The van der Waals surface area contributed by atoms with Gasteiger partial charge in [0.1, 0.15) is 33.1 Å². The average molecular weight is 1210 g/mol. The highest BCUT2D eigenvalue weighted by atomic mass is 35.5. The lowest BCUT2D eigenvalue weighted by molar-refractivity contribution is 0.0693. The molecule has 83 heavy (non-hydrogen) atoms. The number of aromatic carboxylic acids is 1. The number of nitrogens with two attached hydrogens (primary N) is 2. The molecular formula is C60H76Cl2N12O7S2. The normalized spacial score (nSPS) is 16.4. The molecule has 4 aliphatic rings. The van der Waals surface area contributed by atoms with Gasteiger partial charge in [0.25, 0.3) is 5.91 Å². The molecule has 0 atom stereocenters. The number of nitrogens with zero attached hydrogens (tertiary/aromatic N) is 9. The molecule has 4 aromatic heterocycles. The van der Waals surface area contributed by atoms with E-state index in [-0.39, 0.29) is 15.7 Å². The molecule has 0 radical (unpaired) electrons. The molecule has 444 valence electrons. The standard InChI is InChI=1S/C30H37ClN6O3S.C21H25ClN2O2.C9H14N4O2S/c1-20-18-21(2)27(22(3)24(20)19-23-8-12-35(13-9-23)28-25(31)6-4-10-33-28)30(38)37-16-14-36(15-17-37)29-26(41(32,39)40)7-5-11-34-29;1-13-11-14(2)19(21(25)26)15(3)17(13)12-16-6-9-24(10-7-16)20-18(22)5-4-8-23-20;10-16(14,15)8-2-1-3-12-9(8)13-6-4-11-5-7-13/h4-7,10-11,18,23H,8-9,12-17,19H2,1-3H3,(H2,32,39,40);4-5,8,11,16H,6-7,9-10,12H2,1-3H3,(H,25,26);1-3,11H,4-7H2,(H2,10,14,15). The van der Waals surface area contributed by atoms with Crippen molar-refractivity contribution in [2.24, 2.45) is 22.1 Å². The van der Waals surface area contributed by atoms with Crippen LogP contribution in [-0.2, 0) is 32.9 Å². The highest BCUT2D eigenvalue weighted by Crippen LogP contribution is 2.35. The van der Waals surface area contributed by atoms with E-state index >= 15 is 0 Å². The van der Waals surface area contributed by atoms with Crippen LogP contribution in [0.4, 0.5) is 23.3 Å². The van der Waals surface area contributed by atoms with Crippen LogP contribution in [0.15, 0.2) is 95.2 Å². The zero-order chi connectivity index (χ0) is 59.8. The van der Waals surface area contributed by atoms with Crippen molar-refractivity contribution in [2.75, 3.05) is 98.1 Å². The van der Waals surface area contributed by atoms with Crippen molar-refractivity contribution in [3.63, 3.8) is 0 Å². The third-order valence-electron chi connectivity index (χ3n) is 16.4. The SMILES string of the molecule is Cc1cc(C)c(C(=O)N2CCN(c3ncccc3S(N)(=O)=O)CC2)c(C)c1CC1CCN(c2ncccc2Cl)CC1.Cc1cc(C)c(C(=O)O)c(C)c1CC1CCN(c2ncccc2Cl)CC1.NS(=O)(=O)c1cccnc1N1CCNCC1. The summed E-state index contributed by atoms with van der Waals surface area (Å²) in [5, 5.41) is 24.7. The monoisotopic (exact) mass is 1210 g/mol. The minimum Gasteiger partial charge on any atom is -0.478 e. The Hall–Kier alpha value is -6.46. The van der Waals surface area contributed by atoms with Crippen molar-refractivity contribution >= 4 is 78.4 Å². The largest absolute Gasteiger partial charge is 0.478 e. The van der Waals surface area contributed by atoms with Crippen LogP contribution in [0.25, 0.3) is 0 Å². The molecule has 0 aliphatic carbocycles. The van der Waals surface area contributed by atoms with E-state index in [9.17, 15) is 31.5 Å². The van der Waals surface area contributed by atoms with E-state index in [4.69, 9.17) is 33.5 Å². The number of amides is 1. The summed E-state index contributed by atoms with van der Waals surface area (Å²) in [6, 6.07) is 17.7. The van der Waals surface area contributed by atoms with Crippen LogP contribution in [0.5, 0.6) is 0 Å². The van der Waals surface area contributed by atoms with Crippen LogP contribution in [0.3, 0.4) is 0 Å². The Morgan fingerprint density at radius 2 is 0.892 bits per heavy atom. The Labute approximate surface area is 498 Å². The summed E-state index contributed by atoms with van der Waals surface area (Å²) in [5.41, 5.74) is 9.93. The molecule has 4 aliphatic heterocycles. The quantitative estimate of drug-likeness (QED) is 0.0903. The Bertz CT molecular complexity index is 3530. The van der Waals surface area contributed by atoms with Gasteiger partial charge in [-0.15, -0.1) is 0 Å². The van der Waals surface area contributed by atoms with Crippen molar-refractivity contribution in [3.8, 4) is 0 Å². The van der Waals surface area contributed by atoms with E-state index in [0.29, 0.717) is 65.3 Å². The van der Waals surface area contributed by atoms with Gasteiger partial charge in [0, 0.05) is 109 Å². The van der Waals surface area contributed by atoms with Crippen LogP contribution in [0, 0.1) is 53.4 Å². The zero-order valence-corrected chi connectivity index (χ0v) is 51.3. The Morgan fingerprint density at radius 1 is 0.530 bits per heavy atom. The van der Waals surface area contributed by atoms with Gasteiger partial charge in [-0.2, -0.15) is 0 Å². The highest BCUT2D eigenvalue weighted by Gasteiger charge is 2.31. The molecule has 1 amide bonds. The maximum Gasteiger partial charge on any atom is 0.336 e. The summed E-state index contributed by atoms with van der Waals surface area (Å²) in [7, 11) is -7.61. The van der Waals surface area contributed by atoms with Gasteiger partial charge in [-0.05, 0) is 185 Å². The molecular weight excluding hydrogens is 1140 g/mol. The van der Waals surface area contributed by atoms with Gasteiger partial charge in [0.15, 0.2) is 0 Å². The summed E-state index contributed by atoms with van der Waals surface area (Å²) < 4.78 is 46.9. The lowest BCUT2D eigenvalue weighted by atomic mass is 9.84. The molecule has 19 nitrogen and oxygen atoms in total. The summed E-state index contributed by atoms with van der Waals surface area (Å²) in [6.45, 7) is 20.8. The molecule has 2 aromatic carbocycles. The van der Waals surface area contributed by atoms with Crippen molar-refractivity contribution in [3.05, 3.63) is 151 Å². The van der Waals surface area contributed by atoms with Crippen molar-refractivity contribution in [1.29, 1.82) is 0 Å². The Morgan fingerprint density at radius 3 is 1.29 bits per heavy atom. The summed E-state index contributed by atoms with van der Waals surface area (Å²) in [4.78, 5) is 53.0. The van der Waals surface area contributed by atoms with E-state index in [0.717, 1.165) is 130 Å². The number of pyridine rings is 4. The maximum atomic E-state index is 13.8. The third-order valence-corrected chi connectivity index (χ3v) is 18.8. The molecule has 10 rings (SSSR count). The summed E-state index contributed by atoms with van der Waals surface area (Å²) >= 11 is 12.6. The van der Waals surface area contributed by atoms with E-state index in [2.05, 4.69) is 61.9 Å². The predicted molar refractivity (Wildman–Crippen MR) is 328 cm³/mol. The number of hydrogen-bond donors (Lipinski definition) is 4. The number of halogens is 2. The van der Waals surface area contributed by atoms with Gasteiger partial charge in [0.05, 0.1) is 15.6 Å². The van der Waals surface area contributed by atoms with Crippen LogP contribution >= 0.6 is 23.2 Å². The average Bonchev–Trinajstić information content (AvgIpc) is 3.61. The minimum atomic E-state index is -3.90. The minimum absolute atomic E-state index is 0.00334. The fraction of sp³-hybridized carbons (Fsp3) is 0.433. The van der Waals surface area contributed by atoms with Crippen LogP contribution in [-0.4, -0.2) is 137 Å². The second-order valence-electron chi connectivity index (χ2n) is 21.9. The number of carbonyl (C=O) groups is 2. The fourth-order valence-corrected chi connectivity index (χ4v) is 14.0. The number of anilines is 4. The van der Waals surface area contributed by atoms with Crippen LogP contribution in [0.1, 0.15) is 90.9 Å². The van der Waals surface area contributed by atoms with Crippen molar-refractivity contribution in [1.82, 2.24) is 30.2 Å². The van der Waals surface area contributed by atoms with E-state index < -0.39 is 26.0 Å². The number of hydrogen-bond acceptors (Lipinski definition) is 15. The topological polar surface area (TPSA) is 254 Å². The molecule has 8 heterocycles. The number of carboxylic acid groups (broad SMARTS) is 1. The number of piperazine rings is 2. The third kappa shape index (κ3) is 15.3. The van der Waals surface area contributed by atoms with Gasteiger partial charge in [-0.1, -0.05) is 35.3 Å². The number of aromatic nitrogens is 4. The van der Waals surface area contributed by atoms with Crippen molar-refractivity contribution < 1.29 is 31.5 Å². The highest BCUT2D eigenvalue weighted by molar-refractivity contribution is 7.89. The second kappa shape index (κ2) is 27.5. The van der Waals surface area contributed by atoms with Gasteiger partial charge >= 0.3 is 5.97 Å². The molecule has 23 heteroatoms. The first-order valence-corrected chi connectivity index (χ1v) is 32.0. The number of piperidine rings is 2. The van der Waals surface area contributed by atoms with E-state index in [1.165, 1.54) is 34.4 Å². The number of nitrogens with one attached hydrogen (secondary N) is 1. The number of sulfonamides is 2. The molecule has 0 unspecified atom stereocenters. The maximum absolute atomic E-state index is 13.8. The predicted octanol–water partition coefficient (Wildman–Crippen LogP) is 8.08. The number of aryl methyl sites for hydroxylation is 4. The molecule has 4 saturated heterocycles. The number of carboxylic acids is 1. The first-order chi connectivity index (χ1) is 39.5. The number of primary sulfonamides is 2. The van der Waals surface area contributed by atoms with Crippen LogP contribution < -0.4 is 35.2 Å². The zero-order valence-electron chi connectivity index (χ0n) is 48.1. The Kier molecular flexibility index (Phi) is 20.7. The van der Waals surface area contributed by atoms with Crippen LogP contribution in [0.2, 0.25) is 10.0 Å². The number of benzene rings is 2. The lowest BCUT2D eigenvalue weighted by Crippen LogP contribution is -2.49. The van der Waals surface area contributed by atoms with Gasteiger partial charge in [-0.25, -0.2) is 51.8 Å². The molecule has 0 saturated carbocycles. The summed E-state index contributed by atoms with van der Waals surface area (Å²) in [6.07, 6.45) is 12.8.